The van der Waals surface area contributed by atoms with E-state index in [1.54, 1.807) is 17.7 Å². The first kappa shape index (κ1) is 31.8. The van der Waals surface area contributed by atoms with Gasteiger partial charge in [0.25, 0.3) is 0 Å². The van der Waals surface area contributed by atoms with Crippen molar-refractivity contribution in [1.82, 2.24) is 34.1 Å². The molecule has 12 rings (SSSR count). The van der Waals surface area contributed by atoms with E-state index < -0.39 is 0 Å². The second-order valence-electron chi connectivity index (χ2n) is 14.1. The Hall–Kier alpha value is -7.55. The first-order valence-electron chi connectivity index (χ1n) is 18.8. The largest absolute Gasteiger partial charge is 0.308 e. The molecule has 7 nitrogen and oxygen atoms in total. The molecule has 0 amide bonds. The van der Waals surface area contributed by atoms with Crippen LogP contribution in [0.5, 0.6) is 0 Å². The number of nitrogens with zero attached hydrogens (tertiary/aromatic N) is 7. The smallest absolute Gasteiger partial charge is 0.164 e. The Bertz CT molecular complexity index is 3460. The van der Waals surface area contributed by atoms with Crippen LogP contribution in [0.1, 0.15) is 0 Å². The second kappa shape index (κ2) is 12.5. The van der Waals surface area contributed by atoms with Gasteiger partial charge in [0.15, 0.2) is 17.5 Å². The molecule has 0 bridgehead atoms. The zero-order valence-corrected chi connectivity index (χ0v) is 31.1. The minimum atomic E-state index is 0.613. The van der Waals surface area contributed by atoms with E-state index in [1.165, 1.54) is 26.2 Å². The maximum absolute atomic E-state index is 5.09. The minimum absolute atomic E-state index is 0.613. The lowest BCUT2D eigenvalue weighted by atomic mass is 10.0. The molecule has 0 N–H and O–H groups in total. The van der Waals surface area contributed by atoms with Crippen molar-refractivity contribution >= 4 is 75.3 Å². The van der Waals surface area contributed by atoms with E-state index in [0.29, 0.717) is 17.5 Å². The zero-order chi connectivity index (χ0) is 37.5. The summed E-state index contributed by atoms with van der Waals surface area (Å²) in [5.41, 5.74) is 10.4. The van der Waals surface area contributed by atoms with Gasteiger partial charge >= 0.3 is 0 Å². The molecule has 0 saturated carbocycles. The van der Waals surface area contributed by atoms with Gasteiger partial charge in [-0.1, -0.05) is 127 Å². The van der Waals surface area contributed by atoms with Gasteiger partial charge in [-0.2, -0.15) is 0 Å². The number of para-hydroxylation sites is 3. The van der Waals surface area contributed by atoms with Crippen molar-refractivity contribution in [3.63, 3.8) is 0 Å². The molecule has 0 atom stereocenters. The fourth-order valence-corrected chi connectivity index (χ4v) is 9.69. The third kappa shape index (κ3) is 4.81. The zero-order valence-electron chi connectivity index (χ0n) is 30.3. The van der Waals surface area contributed by atoms with Crippen LogP contribution in [-0.4, -0.2) is 34.1 Å². The summed E-state index contributed by atoms with van der Waals surface area (Å²) in [6, 6.07) is 57.0. The lowest BCUT2D eigenvalue weighted by Gasteiger charge is -2.13. The van der Waals surface area contributed by atoms with Crippen LogP contribution >= 0.6 is 11.3 Å². The summed E-state index contributed by atoms with van der Waals surface area (Å²) in [5.74, 6) is 1.88. The Morgan fingerprint density at radius 3 is 1.61 bits per heavy atom. The number of benzene rings is 7. The maximum Gasteiger partial charge on any atom is 0.164 e. The third-order valence-corrected chi connectivity index (χ3v) is 12.0. The summed E-state index contributed by atoms with van der Waals surface area (Å²) >= 11 is 1.76. The molecule has 0 radical (unpaired) electrons. The summed E-state index contributed by atoms with van der Waals surface area (Å²) in [5, 5.41) is 5.88. The number of thiophene rings is 1. The molecule has 12 aromatic rings. The molecule has 7 aromatic carbocycles. The third-order valence-electron chi connectivity index (χ3n) is 10.9. The first-order chi connectivity index (χ1) is 28.3. The monoisotopic (exact) mass is 747 g/mol. The molecule has 0 aliphatic heterocycles. The Morgan fingerprint density at radius 1 is 0.439 bits per heavy atom. The van der Waals surface area contributed by atoms with Crippen LogP contribution in [0, 0.1) is 0 Å². The average Bonchev–Trinajstić information content (AvgIpc) is 3.95. The van der Waals surface area contributed by atoms with Gasteiger partial charge < -0.3 is 9.13 Å². The topological polar surface area (TPSA) is 74.3 Å². The van der Waals surface area contributed by atoms with Crippen molar-refractivity contribution in [2.24, 2.45) is 0 Å². The second-order valence-corrected chi connectivity index (χ2v) is 15.2. The predicted molar refractivity (Wildman–Crippen MR) is 233 cm³/mol. The van der Waals surface area contributed by atoms with E-state index >= 15 is 0 Å². The molecular formula is C49H29N7S. The van der Waals surface area contributed by atoms with E-state index in [-0.39, 0.29) is 0 Å². The van der Waals surface area contributed by atoms with Gasteiger partial charge in [-0.15, -0.1) is 11.3 Å². The lowest BCUT2D eigenvalue weighted by molar-refractivity contribution is 1.07. The highest BCUT2D eigenvalue weighted by molar-refractivity contribution is 7.27. The van der Waals surface area contributed by atoms with Crippen LogP contribution in [0.15, 0.2) is 176 Å². The van der Waals surface area contributed by atoms with E-state index in [9.17, 15) is 0 Å². The maximum atomic E-state index is 5.09. The standard InChI is InChI=1S/C49H29N7S/c1-4-15-30(16-5-1)47-52-48(31-17-6-2-7-18-31)54-49(53-47)32-19-14-22-34(27-32)56-38-26-13-11-24-36(38)41-44(56)40-35-23-10-12-25-37(35)55(33-20-8-3-9-21-33)45(40)42-43-39(57-46(41)42)28-50-29-51-43/h1-29H. The van der Waals surface area contributed by atoms with Crippen LogP contribution in [0.25, 0.3) is 109 Å². The molecule has 57 heavy (non-hydrogen) atoms. The van der Waals surface area contributed by atoms with Gasteiger partial charge in [-0.25, -0.2) is 24.9 Å². The van der Waals surface area contributed by atoms with Crippen LogP contribution < -0.4 is 0 Å². The fourth-order valence-electron chi connectivity index (χ4n) is 8.50. The number of aromatic nitrogens is 7. The molecule has 266 valence electrons. The molecule has 0 fully saturated rings. The molecular weight excluding hydrogens is 719 g/mol. The average molecular weight is 748 g/mol. The Labute approximate surface area is 329 Å². The number of hydrogen-bond donors (Lipinski definition) is 0. The summed E-state index contributed by atoms with van der Waals surface area (Å²) in [7, 11) is 0. The van der Waals surface area contributed by atoms with Gasteiger partial charge in [-0.3, -0.25) is 0 Å². The van der Waals surface area contributed by atoms with Crippen molar-refractivity contribution in [3.8, 4) is 45.5 Å². The molecule has 0 saturated heterocycles. The molecule has 0 aliphatic rings. The normalized spacial score (nSPS) is 11.9. The van der Waals surface area contributed by atoms with Gasteiger partial charge in [0.05, 0.1) is 32.3 Å². The van der Waals surface area contributed by atoms with Gasteiger partial charge in [0, 0.05) is 65.9 Å². The Kier molecular flexibility index (Phi) is 6.96. The van der Waals surface area contributed by atoms with E-state index in [4.69, 9.17) is 19.9 Å². The molecule has 8 heteroatoms. The molecule has 0 spiro atoms. The van der Waals surface area contributed by atoms with Gasteiger partial charge in [0.2, 0.25) is 0 Å². The molecule has 5 heterocycles. The van der Waals surface area contributed by atoms with Crippen molar-refractivity contribution in [1.29, 1.82) is 0 Å². The molecule has 0 aliphatic carbocycles. The molecule has 5 aromatic heterocycles. The summed E-state index contributed by atoms with van der Waals surface area (Å²) < 4.78 is 7.10. The fraction of sp³-hybridized carbons (Fsp3) is 0. The van der Waals surface area contributed by atoms with Crippen molar-refractivity contribution in [2.45, 2.75) is 0 Å². The number of hydrogen-bond acceptors (Lipinski definition) is 6. The van der Waals surface area contributed by atoms with Gasteiger partial charge in [0.1, 0.15) is 6.33 Å². The number of rotatable bonds is 5. The van der Waals surface area contributed by atoms with E-state index in [2.05, 4.69) is 117 Å². The van der Waals surface area contributed by atoms with E-state index in [1.807, 2.05) is 66.9 Å². The van der Waals surface area contributed by atoms with Crippen LogP contribution in [0.2, 0.25) is 0 Å². The van der Waals surface area contributed by atoms with Gasteiger partial charge in [-0.05, 0) is 36.4 Å². The summed E-state index contributed by atoms with van der Waals surface area (Å²) in [6.07, 6.45) is 3.62. The van der Waals surface area contributed by atoms with Crippen LogP contribution in [0.3, 0.4) is 0 Å². The van der Waals surface area contributed by atoms with Crippen molar-refractivity contribution < 1.29 is 0 Å². The SMILES string of the molecule is c1ccc(-c2nc(-c3ccccc3)nc(-c3cccc(-n4c5ccccc5c5c6sc7cncnc7c6c6c(c7ccccc7n6-c6ccccc6)c54)c3)n2)cc1. The summed E-state index contributed by atoms with van der Waals surface area (Å²) in [6.45, 7) is 0. The number of fused-ring (bicyclic) bond motifs is 12. The predicted octanol–water partition coefficient (Wildman–Crippen LogP) is 12.2. The Balaban J connectivity index is 1.21. The van der Waals surface area contributed by atoms with Crippen LogP contribution in [0.4, 0.5) is 0 Å². The highest BCUT2D eigenvalue weighted by Crippen LogP contribution is 2.50. The lowest BCUT2D eigenvalue weighted by Crippen LogP contribution is -2.01. The quantitative estimate of drug-likeness (QED) is 0.175. The van der Waals surface area contributed by atoms with Crippen LogP contribution in [-0.2, 0) is 0 Å². The molecule has 0 unspecified atom stereocenters. The summed E-state index contributed by atoms with van der Waals surface area (Å²) in [4.78, 5) is 24.5. The van der Waals surface area contributed by atoms with Crippen molar-refractivity contribution in [3.05, 3.63) is 176 Å². The first-order valence-corrected chi connectivity index (χ1v) is 19.7. The minimum Gasteiger partial charge on any atom is -0.308 e. The Morgan fingerprint density at radius 2 is 0.947 bits per heavy atom. The highest BCUT2D eigenvalue weighted by Gasteiger charge is 2.27. The van der Waals surface area contributed by atoms with E-state index in [0.717, 1.165) is 65.7 Å². The van der Waals surface area contributed by atoms with Crippen molar-refractivity contribution in [2.75, 3.05) is 0 Å². The highest BCUT2D eigenvalue weighted by atomic mass is 32.1.